The molecule has 0 aromatic heterocycles. The molecule has 1 N–H and O–H groups in total. The van der Waals surface area contributed by atoms with Gasteiger partial charge in [0.15, 0.2) is 0 Å². The summed E-state index contributed by atoms with van der Waals surface area (Å²) in [5.74, 6) is 0.470. The summed E-state index contributed by atoms with van der Waals surface area (Å²) in [6, 6.07) is 6.41. The van der Waals surface area contributed by atoms with Gasteiger partial charge in [-0.25, -0.2) is 0 Å². The number of rotatable bonds is 3. The summed E-state index contributed by atoms with van der Waals surface area (Å²) in [5.41, 5.74) is 2.02. The maximum absolute atomic E-state index is 12.0. The minimum Gasteiger partial charge on any atom is -0.491 e. The number of hydrogen-bond donors (Lipinski definition) is 1. The summed E-state index contributed by atoms with van der Waals surface area (Å²) in [4.78, 5) is 12.0. The van der Waals surface area contributed by atoms with Gasteiger partial charge in [0, 0.05) is 0 Å². The lowest BCUT2D eigenvalue weighted by molar-refractivity contribution is -0.157. The summed E-state index contributed by atoms with van der Waals surface area (Å²) in [5, 5.41) is 9.85. The Hall–Kier alpha value is -1.51. The highest BCUT2D eigenvalue weighted by Crippen LogP contribution is 2.57. The second-order valence-corrected chi connectivity index (χ2v) is 8.07. The van der Waals surface area contributed by atoms with Gasteiger partial charge in [-0.1, -0.05) is 19.4 Å². The fourth-order valence-electron chi connectivity index (χ4n) is 5.04. The average molecular weight is 316 g/mol. The van der Waals surface area contributed by atoms with E-state index in [4.69, 9.17) is 4.74 Å². The third-order valence-electron chi connectivity index (χ3n) is 6.19. The van der Waals surface area contributed by atoms with Crippen LogP contribution in [0, 0.1) is 11.3 Å². The first kappa shape index (κ1) is 16.4. The zero-order valence-corrected chi connectivity index (χ0v) is 14.7. The van der Waals surface area contributed by atoms with Gasteiger partial charge in [0.2, 0.25) is 0 Å². The summed E-state index contributed by atoms with van der Waals surface area (Å²) in [6.45, 7) is 8.30. The first-order chi connectivity index (χ1) is 10.8. The molecule has 3 rings (SSSR count). The maximum Gasteiger partial charge on any atom is 0.309 e. The molecule has 3 heteroatoms. The van der Waals surface area contributed by atoms with Crippen LogP contribution in [0.4, 0.5) is 0 Å². The van der Waals surface area contributed by atoms with Crippen LogP contribution in [0.25, 0.3) is 0 Å². The number of hydrogen-bond acceptors (Lipinski definition) is 2. The molecule has 2 aliphatic carbocycles. The highest BCUT2D eigenvalue weighted by molar-refractivity contribution is 5.75. The molecule has 0 bridgehead atoms. The molecule has 0 radical (unpaired) electrons. The van der Waals surface area contributed by atoms with Crippen molar-refractivity contribution in [3.8, 4) is 5.75 Å². The molecule has 0 unspecified atom stereocenters. The highest BCUT2D eigenvalue weighted by atomic mass is 16.5. The van der Waals surface area contributed by atoms with E-state index in [0.717, 1.165) is 37.9 Å². The highest BCUT2D eigenvalue weighted by Gasteiger charge is 2.55. The van der Waals surface area contributed by atoms with Gasteiger partial charge in [-0.05, 0) is 81.0 Å². The molecule has 3 nitrogen and oxygen atoms in total. The molecule has 1 aromatic rings. The molecule has 1 fully saturated rings. The molecule has 0 aliphatic heterocycles. The van der Waals surface area contributed by atoms with Gasteiger partial charge < -0.3 is 9.84 Å². The van der Waals surface area contributed by atoms with Crippen molar-refractivity contribution in [2.75, 3.05) is 0 Å². The molecule has 2 aliphatic rings. The molecule has 1 saturated carbocycles. The number of benzene rings is 1. The number of carboxylic acid groups (broad SMARTS) is 1. The van der Waals surface area contributed by atoms with Gasteiger partial charge in [0.1, 0.15) is 5.75 Å². The fourth-order valence-corrected chi connectivity index (χ4v) is 5.04. The zero-order valence-electron chi connectivity index (χ0n) is 14.7. The van der Waals surface area contributed by atoms with E-state index < -0.39 is 11.4 Å². The van der Waals surface area contributed by atoms with E-state index in [1.165, 1.54) is 11.1 Å². The Balaban J connectivity index is 2.06. The van der Waals surface area contributed by atoms with Crippen LogP contribution in [0.15, 0.2) is 18.2 Å². The molecule has 0 saturated heterocycles. The Morgan fingerprint density at radius 3 is 2.70 bits per heavy atom. The predicted octanol–water partition coefficient (Wildman–Crippen LogP) is 4.57. The number of fused-ring (bicyclic) bond motifs is 3. The van der Waals surface area contributed by atoms with Gasteiger partial charge >= 0.3 is 5.97 Å². The Kier molecular flexibility index (Phi) is 3.94. The Morgan fingerprint density at radius 2 is 2.04 bits per heavy atom. The van der Waals surface area contributed by atoms with Crippen molar-refractivity contribution >= 4 is 5.97 Å². The largest absolute Gasteiger partial charge is 0.491 e. The van der Waals surface area contributed by atoms with Crippen LogP contribution in [-0.2, 0) is 16.6 Å². The standard InChI is InChI=1S/C20H28O3/c1-13(2)23-15-8-6-14-7-9-17-19(3,16(14)12-15)10-5-11-20(17,4)18(21)22/h6,8,12-13,17H,5,7,9-11H2,1-4H3,(H,21,22)/t17-,19-,20+/m1/s1. The van der Waals surface area contributed by atoms with E-state index in [9.17, 15) is 9.90 Å². The number of carbonyl (C=O) groups is 1. The molecule has 3 atom stereocenters. The first-order valence-corrected chi connectivity index (χ1v) is 8.81. The minimum atomic E-state index is -0.633. The van der Waals surface area contributed by atoms with Crippen LogP contribution < -0.4 is 4.74 Å². The average Bonchev–Trinajstić information content (AvgIpc) is 2.47. The van der Waals surface area contributed by atoms with Crippen molar-refractivity contribution in [3.63, 3.8) is 0 Å². The third kappa shape index (κ3) is 2.54. The molecule has 23 heavy (non-hydrogen) atoms. The quantitative estimate of drug-likeness (QED) is 0.888. The number of aryl methyl sites for hydroxylation is 1. The lowest BCUT2D eigenvalue weighted by Crippen LogP contribution is -2.52. The zero-order chi connectivity index (χ0) is 16.8. The third-order valence-corrected chi connectivity index (χ3v) is 6.19. The smallest absolute Gasteiger partial charge is 0.309 e. The Labute approximate surface area is 139 Å². The second-order valence-electron chi connectivity index (χ2n) is 8.07. The van der Waals surface area contributed by atoms with Crippen molar-refractivity contribution in [3.05, 3.63) is 29.3 Å². The lowest BCUT2D eigenvalue weighted by Gasteiger charge is -2.53. The van der Waals surface area contributed by atoms with Crippen LogP contribution in [0.5, 0.6) is 5.75 Å². The van der Waals surface area contributed by atoms with E-state index in [1.54, 1.807) is 0 Å². The number of ether oxygens (including phenoxy) is 1. The molecule has 0 heterocycles. The molecule has 126 valence electrons. The van der Waals surface area contributed by atoms with Gasteiger partial charge in [0.25, 0.3) is 0 Å². The van der Waals surface area contributed by atoms with E-state index in [0.29, 0.717) is 0 Å². The van der Waals surface area contributed by atoms with Gasteiger partial charge in [-0.3, -0.25) is 4.79 Å². The minimum absolute atomic E-state index is 0.0602. The second kappa shape index (κ2) is 5.54. The van der Waals surface area contributed by atoms with Gasteiger partial charge in [-0.15, -0.1) is 0 Å². The van der Waals surface area contributed by atoms with Crippen LogP contribution in [-0.4, -0.2) is 17.2 Å². The first-order valence-electron chi connectivity index (χ1n) is 8.81. The summed E-state index contributed by atoms with van der Waals surface area (Å²) in [7, 11) is 0. The number of carboxylic acids is 1. The molecule has 0 spiro atoms. The van der Waals surface area contributed by atoms with Crippen molar-refractivity contribution in [1.82, 2.24) is 0 Å². The van der Waals surface area contributed by atoms with Gasteiger partial charge in [0.05, 0.1) is 11.5 Å². The number of aliphatic carboxylic acids is 1. The van der Waals surface area contributed by atoms with Crippen LogP contribution in [0.2, 0.25) is 0 Å². The fraction of sp³-hybridized carbons (Fsp3) is 0.650. The topological polar surface area (TPSA) is 46.5 Å². The van der Waals surface area contributed by atoms with E-state index in [2.05, 4.69) is 25.1 Å². The molecule has 0 amide bonds. The molecular formula is C20H28O3. The Bertz CT molecular complexity index is 621. The van der Waals surface area contributed by atoms with Crippen LogP contribution >= 0.6 is 0 Å². The van der Waals surface area contributed by atoms with Crippen LogP contribution in [0.3, 0.4) is 0 Å². The van der Waals surface area contributed by atoms with Crippen molar-refractivity contribution in [2.45, 2.75) is 71.3 Å². The van der Waals surface area contributed by atoms with Gasteiger partial charge in [-0.2, -0.15) is 0 Å². The molecule has 1 aromatic carbocycles. The van der Waals surface area contributed by atoms with Crippen molar-refractivity contribution in [1.29, 1.82) is 0 Å². The summed E-state index contributed by atoms with van der Waals surface area (Å²) in [6.07, 6.45) is 4.93. The van der Waals surface area contributed by atoms with Crippen LogP contribution in [0.1, 0.15) is 64.5 Å². The monoisotopic (exact) mass is 316 g/mol. The SMILES string of the molecule is CC(C)Oc1ccc2c(c1)[C@@]1(C)CCC[C@](C)(C(=O)O)[C@@H]1CC2. The normalized spacial score (nSPS) is 33.0. The van der Waals surface area contributed by atoms with E-state index in [1.807, 2.05) is 20.8 Å². The Morgan fingerprint density at radius 1 is 1.30 bits per heavy atom. The maximum atomic E-state index is 12.0. The summed E-state index contributed by atoms with van der Waals surface area (Å²) < 4.78 is 5.89. The summed E-state index contributed by atoms with van der Waals surface area (Å²) >= 11 is 0. The van der Waals surface area contributed by atoms with E-state index >= 15 is 0 Å². The van der Waals surface area contributed by atoms with Crippen molar-refractivity contribution < 1.29 is 14.6 Å². The molecular weight excluding hydrogens is 288 g/mol. The lowest BCUT2D eigenvalue weighted by atomic mass is 9.50. The van der Waals surface area contributed by atoms with Crippen molar-refractivity contribution in [2.24, 2.45) is 11.3 Å². The van der Waals surface area contributed by atoms with E-state index in [-0.39, 0.29) is 17.4 Å². The predicted molar refractivity (Wildman–Crippen MR) is 91.0 cm³/mol.